The highest BCUT2D eigenvalue weighted by Gasteiger charge is 2.27. The molecule has 6 heteroatoms. The van der Waals surface area contributed by atoms with Crippen LogP contribution >= 0.6 is 15.9 Å². The van der Waals surface area contributed by atoms with Gasteiger partial charge in [-0.1, -0.05) is 46.3 Å². The van der Waals surface area contributed by atoms with Gasteiger partial charge in [0.15, 0.2) is 0 Å². The molecule has 0 aliphatic rings. The zero-order chi connectivity index (χ0) is 24.7. The summed E-state index contributed by atoms with van der Waals surface area (Å²) < 4.78 is 10.3. The van der Waals surface area contributed by atoms with Crippen LogP contribution in [0.5, 0.6) is 0 Å². The first kappa shape index (κ1) is 23.1. The van der Waals surface area contributed by atoms with Gasteiger partial charge in [-0.05, 0) is 79.9 Å². The summed E-state index contributed by atoms with van der Waals surface area (Å²) >= 11 is 3.43. The van der Waals surface area contributed by atoms with Gasteiger partial charge in [0, 0.05) is 16.6 Å². The Kier molecular flexibility index (Phi) is 6.07. The second-order valence-corrected chi connectivity index (χ2v) is 9.57. The Balaban J connectivity index is 1.85. The van der Waals surface area contributed by atoms with Gasteiger partial charge in [0.2, 0.25) is 5.78 Å². The molecule has 3 aromatic carbocycles. The Morgan fingerprint density at radius 2 is 1.54 bits per heavy atom. The fourth-order valence-corrected chi connectivity index (χ4v) is 4.77. The first-order valence-corrected chi connectivity index (χ1v) is 12.3. The van der Waals surface area contributed by atoms with Crippen molar-refractivity contribution in [2.75, 3.05) is 6.61 Å². The fraction of sp³-hybridized carbons (Fsp3) is 0.172. The van der Waals surface area contributed by atoms with Crippen LogP contribution in [0.1, 0.15) is 50.0 Å². The summed E-state index contributed by atoms with van der Waals surface area (Å²) in [6.45, 7) is 6.72. The largest absolute Gasteiger partial charge is 0.462 e. The van der Waals surface area contributed by atoms with E-state index in [4.69, 9.17) is 4.74 Å². The number of ether oxygens (including phenoxy) is 1. The molecule has 2 heterocycles. The second-order valence-electron chi connectivity index (χ2n) is 8.66. The summed E-state index contributed by atoms with van der Waals surface area (Å²) in [5.74, 6) is -0.592. The highest BCUT2D eigenvalue weighted by molar-refractivity contribution is 9.10. The maximum Gasteiger partial charge on any atom is 0.341 e. The Bertz CT molecular complexity index is 1580. The lowest BCUT2D eigenvalue weighted by molar-refractivity contribution is 0.0528. The number of esters is 1. The summed E-state index contributed by atoms with van der Waals surface area (Å²) in [7, 11) is 0. The van der Waals surface area contributed by atoms with E-state index in [1.807, 2.05) is 34.7 Å². The highest BCUT2D eigenvalue weighted by Crippen LogP contribution is 2.32. The quantitative estimate of drug-likeness (QED) is 0.181. The van der Waals surface area contributed by atoms with Crippen molar-refractivity contribution in [2.45, 2.75) is 27.3 Å². The van der Waals surface area contributed by atoms with Gasteiger partial charge in [-0.25, -0.2) is 4.79 Å². The molecule has 0 atom stereocenters. The number of nitrogens with zero attached hydrogens (tertiary/aromatic N) is 2. The molecule has 5 rings (SSSR count). The molecule has 2 aromatic heterocycles. The standard InChI is InChI=1S/C29H25BrN2O3/c1-4-35-29(34)23-16-26(27(33)21-10-12-22(30)13-11-21)32-25-15-19(3)18(2)14-24(25)31(28(23)32)17-20-8-6-5-7-9-20/h5-16H,4,17H2,1-3H3. The van der Waals surface area contributed by atoms with Crippen LogP contribution in [0.15, 0.2) is 77.3 Å². The Hall–Kier alpha value is -3.64. The van der Waals surface area contributed by atoms with Crippen LogP contribution in [-0.2, 0) is 11.3 Å². The molecule has 0 unspecified atom stereocenters. The molecule has 0 aliphatic heterocycles. The van der Waals surface area contributed by atoms with E-state index in [0.717, 1.165) is 32.2 Å². The molecule has 5 aromatic rings. The number of carbonyl (C=O) groups is 2. The third-order valence-electron chi connectivity index (χ3n) is 6.37. The third-order valence-corrected chi connectivity index (χ3v) is 6.90. The average molecular weight is 529 g/mol. The maximum atomic E-state index is 13.7. The van der Waals surface area contributed by atoms with Crippen LogP contribution in [0.25, 0.3) is 16.7 Å². The lowest BCUT2D eigenvalue weighted by Gasteiger charge is -2.09. The number of halogens is 1. The van der Waals surface area contributed by atoms with Gasteiger partial charge in [-0.2, -0.15) is 0 Å². The summed E-state index contributed by atoms with van der Waals surface area (Å²) in [5.41, 5.74) is 7.24. The zero-order valence-electron chi connectivity index (χ0n) is 19.8. The van der Waals surface area contributed by atoms with Crippen molar-refractivity contribution in [1.29, 1.82) is 0 Å². The number of hydrogen-bond acceptors (Lipinski definition) is 3. The Labute approximate surface area is 212 Å². The summed E-state index contributed by atoms with van der Waals surface area (Å²) in [4.78, 5) is 26.9. The summed E-state index contributed by atoms with van der Waals surface area (Å²) in [6, 6.07) is 23.3. The van der Waals surface area contributed by atoms with Crippen LogP contribution < -0.4 is 0 Å². The maximum absolute atomic E-state index is 13.7. The molecule has 0 N–H and O–H groups in total. The fourth-order valence-electron chi connectivity index (χ4n) is 4.51. The number of aromatic nitrogens is 2. The number of benzene rings is 3. The van der Waals surface area contributed by atoms with Crippen molar-refractivity contribution in [2.24, 2.45) is 0 Å². The molecule has 0 fully saturated rings. The molecule has 0 bridgehead atoms. The molecule has 5 nitrogen and oxygen atoms in total. The van der Waals surface area contributed by atoms with E-state index in [0.29, 0.717) is 29.0 Å². The van der Waals surface area contributed by atoms with E-state index < -0.39 is 5.97 Å². The van der Waals surface area contributed by atoms with Gasteiger partial charge in [0.05, 0.1) is 23.3 Å². The Morgan fingerprint density at radius 3 is 2.20 bits per heavy atom. The molecule has 176 valence electrons. The van der Waals surface area contributed by atoms with E-state index in [1.165, 1.54) is 0 Å². The highest BCUT2D eigenvalue weighted by atomic mass is 79.9. The molecule has 0 saturated heterocycles. The van der Waals surface area contributed by atoms with Crippen LogP contribution in [0.4, 0.5) is 0 Å². The van der Waals surface area contributed by atoms with Crippen LogP contribution in [0.3, 0.4) is 0 Å². The molecule has 0 aliphatic carbocycles. The van der Waals surface area contributed by atoms with E-state index in [2.05, 4.69) is 58.6 Å². The summed E-state index contributed by atoms with van der Waals surface area (Å²) in [5, 5.41) is 0. The molecular weight excluding hydrogens is 504 g/mol. The minimum atomic E-state index is -0.439. The number of carbonyl (C=O) groups excluding carboxylic acids is 2. The number of imidazole rings is 1. The lowest BCUT2D eigenvalue weighted by Crippen LogP contribution is -2.07. The van der Waals surface area contributed by atoms with Gasteiger partial charge in [0.25, 0.3) is 0 Å². The second kappa shape index (κ2) is 9.19. The number of fused-ring (bicyclic) bond motifs is 3. The monoisotopic (exact) mass is 528 g/mol. The number of aryl methyl sites for hydroxylation is 2. The number of rotatable bonds is 6. The van der Waals surface area contributed by atoms with Crippen LogP contribution in [0.2, 0.25) is 0 Å². The Morgan fingerprint density at radius 1 is 0.886 bits per heavy atom. The molecule has 35 heavy (non-hydrogen) atoms. The van der Waals surface area contributed by atoms with Crippen molar-refractivity contribution in [1.82, 2.24) is 8.97 Å². The van der Waals surface area contributed by atoms with Crippen LogP contribution in [0, 0.1) is 13.8 Å². The van der Waals surface area contributed by atoms with Gasteiger partial charge < -0.3 is 9.30 Å². The molecule has 0 spiro atoms. The molecule has 0 amide bonds. The van der Waals surface area contributed by atoms with Gasteiger partial charge in [-0.3, -0.25) is 9.20 Å². The number of hydrogen-bond donors (Lipinski definition) is 0. The average Bonchev–Trinajstić information content (AvgIpc) is 3.37. The van der Waals surface area contributed by atoms with E-state index in [-0.39, 0.29) is 12.4 Å². The van der Waals surface area contributed by atoms with Gasteiger partial charge in [0.1, 0.15) is 11.2 Å². The van der Waals surface area contributed by atoms with Crippen molar-refractivity contribution in [3.05, 3.63) is 111 Å². The first-order chi connectivity index (χ1) is 16.9. The van der Waals surface area contributed by atoms with Gasteiger partial charge in [-0.15, -0.1) is 0 Å². The van der Waals surface area contributed by atoms with Crippen molar-refractivity contribution in [3.8, 4) is 0 Å². The smallest absolute Gasteiger partial charge is 0.341 e. The SMILES string of the molecule is CCOC(=O)c1cc(C(=O)c2ccc(Br)cc2)n2c3cc(C)c(C)cc3n(Cc3ccccc3)c12. The van der Waals surface area contributed by atoms with Crippen molar-refractivity contribution >= 4 is 44.4 Å². The van der Waals surface area contributed by atoms with E-state index in [9.17, 15) is 9.59 Å². The predicted octanol–water partition coefficient (Wildman–Crippen LogP) is 6.73. The lowest BCUT2D eigenvalue weighted by atomic mass is 10.1. The molecule has 0 radical (unpaired) electrons. The predicted molar refractivity (Wildman–Crippen MR) is 141 cm³/mol. The summed E-state index contributed by atoms with van der Waals surface area (Å²) in [6.07, 6.45) is 0. The molecular formula is C29H25BrN2O3. The van der Waals surface area contributed by atoms with Crippen molar-refractivity contribution < 1.29 is 14.3 Å². The normalized spacial score (nSPS) is 11.3. The zero-order valence-corrected chi connectivity index (χ0v) is 21.4. The van der Waals surface area contributed by atoms with E-state index >= 15 is 0 Å². The minimum Gasteiger partial charge on any atom is -0.462 e. The van der Waals surface area contributed by atoms with Gasteiger partial charge >= 0.3 is 5.97 Å². The minimum absolute atomic E-state index is 0.153. The third kappa shape index (κ3) is 4.08. The number of ketones is 1. The first-order valence-electron chi connectivity index (χ1n) is 11.5. The van der Waals surface area contributed by atoms with Crippen molar-refractivity contribution in [3.63, 3.8) is 0 Å². The van der Waals surface area contributed by atoms with E-state index in [1.54, 1.807) is 25.1 Å². The van der Waals surface area contributed by atoms with Crippen LogP contribution in [-0.4, -0.2) is 27.3 Å². The molecule has 0 saturated carbocycles. The topological polar surface area (TPSA) is 52.7 Å².